The van der Waals surface area contributed by atoms with Gasteiger partial charge in [-0.2, -0.15) is 5.26 Å². The molecule has 0 radical (unpaired) electrons. The quantitative estimate of drug-likeness (QED) is 0.697. The Morgan fingerprint density at radius 3 is 2.86 bits per heavy atom. The van der Waals surface area contributed by atoms with E-state index in [0.717, 1.165) is 0 Å². The fourth-order valence-corrected chi connectivity index (χ4v) is 1.67. The molecule has 5 heteroatoms. The molecule has 4 nitrogen and oxygen atoms in total. The molecule has 0 N–H and O–H groups in total. The van der Waals surface area contributed by atoms with Crippen molar-refractivity contribution in [1.29, 1.82) is 5.26 Å². The molecule has 1 rings (SSSR count). The van der Waals surface area contributed by atoms with Crippen LogP contribution in [0, 0.1) is 11.3 Å². The molecule has 0 saturated heterocycles. The Labute approximate surface area is 86.1 Å². The van der Waals surface area contributed by atoms with Crippen LogP contribution in [0.1, 0.15) is 29.3 Å². The minimum Gasteiger partial charge on any atom is -0.464 e. The second-order valence-corrected chi connectivity index (χ2v) is 4.12. The van der Waals surface area contributed by atoms with Gasteiger partial charge in [-0.05, 0) is 13.8 Å². The van der Waals surface area contributed by atoms with Gasteiger partial charge < -0.3 is 4.74 Å². The maximum atomic E-state index is 11.1. The highest BCUT2D eigenvalue weighted by molar-refractivity contribution is 7.10. The Balaban J connectivity index is 3.01. The van der Waals surface area contributed by atoms with Crippen molar-refractivity contribution in [3.63, 3.8) is 0 Å². The zero-order valence-corrected chi connectivity index (χ0v) is 9.01. The Bertz CT molecular complexity index is 390. The van der Waals surface area contributed by atoms with E-state index in [-0.39, 0.29) is 5.69 Å². The van der Waals surface area contributed by atoms with Crippen molar-refractivity contribution in [3.05, 3.63) is 16.1 Å². The van der Waals surface area contributed by atoms with Gasteiger partial charge in [0, 0.05) is 5.38 Å². The highest BCUT2D eigenvalue weighted by Gasteiger charge is 2.25. The molecule has 0 aliphatic carbocycles. The second kappa shape index (κ2) is 3.76. The van der Waals surface area contributed by atoms with Crippen molar-refractivity contribution >= 4 is 17.3 Å². The van der Waals surface area contributed by atoms with E-state index in [1.54, 1.807) is 19.2 Å². The molecule has 0 unspecified atom stereocenters. The van der Waals surface area contributed by atoms with Crippen molar-refractivity contribution in [3.8, 4) is 6.07 Å². The molecule has 1 aromatic heterocycles. The van der Waals surface area contributed by atoms with Gasteiger partial charge >= 0.3 is 5.97 Å². The van der Waals surface area contributed by atoms with Gasteiger partial charge in [0.1, 0.15) is 10.4 Å². The van der Waals surface area contributed by atoms with E-state index in [1.165, 1.54) is 18.4 Å². The number of aromatic nitrogens is 1. The highest BCUT2D eigenvalue weighted by Crippen LogP contribution is 2.25. The molecular weight excluding hydrogens is 200 g/mol. The summed E-state index contributed by atoms with van der Waals surface area (Å²) < 4.78 is 4.52. The van der Waals surface area contributed by atoms with Gasteiger partial charge in [-0.3, -0.25) is 0 Å². The number of hydrogen-bond acceptors (Lipinski definition) is 5. The van der Waals surface area contributed by atoms with Gasteiger partial charge in [0.25, 0.3) is 0 Å². The first-order chi connectivity index (χ1) is 6.51. The normalized spacial score (nSPS) is 10.7. The number of methoxy groups -OCH3 is 1. The SMILES string of the molecule is COC(=O)c1csc(C(C)(C)C#N)n1. The molecule has 74 valence electrons. The molecule has 0 aliphatic rings. The third-order valence-electron chi connectivity index (χ3n) is 1.71. The lowest BCUT2D eigenvalue weighted by molar-refractivity contribution is 0.0594. The summed E-state index contributed by atoms with van der Waals surface area (Å²) in [5.41, 5.74) is -0.396. The van der Waals surface area contributed by atoms with Crippen LogP contribution in [0.25, 0.3) is 0 Å². The first-order valence-electron chi connectivity index (χ1n) is 3.97. The van der Waals surface area contributed by atoms with Crippen LogP contribution in [0.3, 0.4) is 0 Å². The molecule has 0 aromatic carbocycles. The third kappa shape index (κ3) is 1.91. The lowest BCUT2D eigenvalue weighted by Crippen LogP contribution is -2.14. The first kappa shape index (κ1) is 10.7. The number of hydrogen-bond donors (Lipinski definition) is 0. The smallest absolute Gasteiger partial charge is 0.357 e. The largest absolute Gasteiger partial charge is 0.464 e. The molecule has 0 spiro atoms. The summed E-state index contributed by atoms with van der Waals surface area (Å²) in [6.45, 7) is 3.51. The van der Waals surface area contributed by atoms with Gasteiger partial charge in [0.15, 0.2) is 5.69 Å². The topological polar surface area (TPSA) is 63.0 Å². The zero-order valence-electron chi connectivity index (χ0n) is 8.20. The maximum absolute atomic E-state index is 11.1. The van der Waals surface area contributed by atoms with Crippen molar-refractivity contribution in [2.75, 3.05) is 7.11 Å². The summed E-state index contributed by atoms with van der Waals surface area (Å²) in [5, 5.41) is 11.1. The van der Waals surface area contributed by atoms with Gasteiger partial charge in [0.05, 0.1) is 13.2 Å². The number of ether oxygens (including phenoxy) is 1. The summed E-state index contributed by atoms with van der Waals surface area (Å²) in [6, 6.07) is 2.12. The number of nitrogens with zero attached hydrogens (tertiary/aromatic N) is 2. The number of thiazole rings is 1. The Morgan fingerprint density at radius 1 is 1.71 bits per heavy atom. The molecule has 1 aromatic rings. The van der Waals surface area contributed by atoms with Crippen LogP contribution in [0.15, 0.2) is 5.38 Å². The third-order valence-corrected chi connectivity index (χ3v) is 2.88. The van der Waals surface area contributed by atoms with Crippen LogP contribution in [0.2, 0.25) is 0 Å². The average Bonchev–Trinajstić information content (AvgIpc) is 2.66. The molecule has 0 aliphatic heterocycles. The van der Waals surface area contributed by atoms with Crippen LogP contribution in [0.4, 0.5) is 0 Å². The van der Waals surface area contributed by atoms with E-state index in [4.69, 9.17) is 5.26 Å². The van der Waals surface area contributed by atoms with Gasteiger partial charge in [-0.25, -0.2) is 9.78 Å². The molecule has 14 heavy (non-hydrogen) atoms. The number of esters is 1. The van der Waals surface area contributed by atoms with E-state index >= 15 is 0 Å². The van der Waals surface area contributed by atoms with Crippen LogP contribution in [-0.2, 0) is 10.2 Å². The minimum atomic E-state index is -0.656. The van der Waals surface area contributed by atoms with Gasteiger partial charge in [0.2, 0.25) is 0 Å². The van der Waals surface area contributed by atoms with Crippen LogP contribution in [-0.4, -0.2) is 18.1 Å². The predicted octanol–water partition coefficient (Wildman–Crippen LogP) is 1.73. The van der Waals surface area contributed by atoms with Crippen LogP contribution < -0.4 is 0 Å². The van der Waals surface area contributed by atoms with E-state index in [0.29, 0.717) is 5.01 Å². The van der Waals surface area contributed by atoms with Crippen LogP contribution in [0.5, 0.6) is 0 Å². The average molecular weight is 210 g/mol. The molecule has 0 atom stereocenters. The summed E-state index contributed by atoms with van der Waals surface area (Å²) in [4.78, 5) is 15.1. The number of nitriles is 1. The van der Waals surface area contributed by atoms with E-state index < -0.39 is 11.4 Å². The molecule has 0 fully saturated rings. The number of carbonyl (C=O) groups is 1. The molecule has 1 heterocycles. The lowest BCUT2D eigenvalue weighted by atomic mass is 9.97. The summed E-state index contributed by atoms with van der Waals surface area (Å²) in [7, 11) is 1.30. The predicted molar refractivity (Wildman–Crippen MR) is 52.1 cm³/mol. The molecule has 0 amide bonds. The maximum Gasteiger partial charge on any atom is 0.357 e. The van der Waals surface area contributed by atoms with E-state index in [2.05, 4.69) is 15.8 Å². The van der Waals surface area contributed by atoms with Crippen molar-refractivity contribution < 1.29 is 9.53 Å². The summed E-state index contributed by atoms with van der Waals surface area (Å²) in [5.74, 6) is -0.471. The van der Waals surface area contributed by atoms with Crippen molar-refractivity contribution in [2.45, 2.75) is 19.3 Å². The minimum absolute atomic E-state index is 0.260. The Hall–Kier alpha value is -1.41. The summed E-state index contributed by atoms with van der Waals surface area (Å²) >= 11 is 1.29. The van der Waals surface area contributed by atoms with E-state index in [9.17, 15) is 4.79 Å². The molecule has 0 saturated carbocycles. The standard InChI is InChI=1S/C9H10N2O2S/c1-9(2,5-10)8-11-6(4-14-8)7(12)13-3/h4H,1-3H3. The van der Waals surface area contributed by atoms with E-state index in [1.807, 2.05) is 0 Å². The number of carbonyl (C=O) groups excluding carboxylic acids is 1. The molecular formula is C9H10N2O2S. The Morgan fingerprint density at radius 2 is 2.36 bits per heavy atom. The highest BCUT2D eigenvalue weighted by atomic mass is 32.1. The van der Waals surface area contributed by atoms with Gasteiger partial charge in [-0.1, -0.05) is 0 Å². The van der Waals surface area contributed by atoms with Crippen molar-refractivity contribution in [2.24, 2.45) is 0 Å². The fraction of sp³-hybridized carbons (Fsp3) is 0.444. The second-order valence-electron chi connectivity index (χ2n) is 3.27. The monoisotopic (exact) mass is 210 g/mol. The first-order valence-corrected chi connectivity index (χ1v) is 4.85. The fourth-order valence-electron chi connectivity index (χ4n) is 0.807. The lowest BCUT2D eigenvalue weighted by Gasteiger charge is -2.09. The summed E-state index contributed by atoms with van der Waals surface area (Å²) in [6.07, 6.45) is 0. The van der Waals surface area contributed by atoms with Crippen molar-refractivity contribution in [1.82, 2.24) is 4.98 Å². The Kier molecular flexibility index (Phi) is 2.87. The number of rotatable bonds is 2. The van der Waals surface area contributed by atoms with Gasteiger partial charge in [-0.15, -0.1) is 11.3 Å². The zero-order chi connectivity index (χ0) is 10.8. The van der Waals surface area contributed by atoms with Crippen LogP contribution >= 0.6 is 11.3 Å². The molecule has 0 bridgehead atoms.